The first kappa shape index (κ1) is 24.4. The third kappa shape index (κ3) is 5.41. The lowest BCUT2D eigenvalue weighted by Gasteiger charge is -2.14. The van der Waals surface area contributed by atoms with Gasteiger partial charge in [0.25, 0.3) is 0 Å². The van der Waals surface area contributed by atoms with Crippen LogP contribution in [0.3, 0.4) is 0 Å². The maximum absolute atomic E-state index is 12.3. The molecule has 188 valence electrons. The van der Waals surface area contributed by atoms with Gasteiger partial charge in [-0.2, -0.15) is 10.1 Å². The van der Waals surface area contributed by atoms with E-state index in [4.69, 9.17) is 0 Å². The van der Waals surface area contributed by atoms with Crippen molar-refractivity contribution in [3.05, 3.63) is 47.3 Å². The lowest BCUT2D eigenvalue weighted by molar-refractivity contribution is -0.323. The van der Waals surface area contributed by atoms with Crippen LogP contribution >= 0.6 is 15.9 Å². The van der Waals surface area contributed by atoms with Crippen molar-refractivity contribution in [2.24, 2.45) is 5.92 Å². The summed E-state index contributed by atoms with van der Waals surface area (Å²) < 4.78 is 42.2. The molecule has 0 radical (unpaired) electrons. The summed E-state index contributed by atoms with van der Waals surface area (Å²) in [5.41, 5.74) is 2.31. The third-order valence-corrected chi connectivity index (χ3v) is 6.60. The Hall–Kier alpha value is -3.32. The maximum atomic E-state index is 12.3. The van der Waals surface area contributed by atoms with Crippen molar-refractivity contribution in [3.63, 3.8) is 0 Å². The van der Waals surface area contributed by atoms with Gasteiger partial charge in [-0.1, -0.05) is 6.07 Å². The van der Waals surface area contributed by atoms with E-state index in [1.165, 1.54) is 0 Å². The van der Waals surface area contributed by atoms with E-state index in [0.29, 0.717) is 35.5 Å². The van der Waals surface area contributed by atoms with Crippen molar-refractivity contribution < 1.29 is 22.7 Å². The second-order valence-corrected chi connectivity index (χ2v) is 9.20. The summed E-state index contributed by atoms with van der Waals surface area (Å²) in [7, 11) is 0. The van der Waals surface area contributed by atoms with Crippen LogP contribution in [0.2, 0.25) is 0 Å². The molecule has 1 aromatic carbocycles. The number of nitrogens with zero attached hydrogens (tertiary/aromatic N) is 5. The molecule has 2 atom stereocenters. The zero-order valence-corrected chi connectivity index (χ0v) is 20.4. The highest BCUT2D eigenvalue weighted by Crippen LogP contribution is 2.30. The van der Waals surface area contributed by atoms with Gasteiger partial charge in [0.15, 0.2) is 5.65 Å². The zero-order chi connectivity index (χ0) is 25.3. The highest BCUT2D eigenvalue weighted by Gasteiger charge is 2.31. The smallest absolute Gasteiger partial charge is 0.354 e. The summed E-state index contributed by atoms with van der Waals surface area (Å²) in [5.74, 6) is -0.180. The standard InChI is InChI=1S/C23H21BrF3N7O2/c24-19-17-12-30-22(31-15-4-3-14(10-15)21(35)29-8-9-36-23(25,26)27)32-20(17)34(33-19)16-5-6-18-13(11-16)2-1-7-28-18/h1-2,5-7,11-12,14-15H,3-4,8-10H2,(H,29,35)(H,30,31,32)/t14-,15-/m1/s1. The Morgan fingerprint density at radius 2 is 2.08 bits per heavy atom. The molecule has 9 nitrogen and oxygen atoms in total. The molecule has 1 aliphatic carbocycles. The van der Waals surface area contributed by atoms with E-state index in [0.717, 1.165) is 22.0 Å². The van der Waals surface area contributed by atoms with Crippen molar-refractivity contribution in [1.29, 1.82) is 0 Å². The zero-order valence-electron chi connectivity index (χ0n) is 18.8. The van der Waals surface area contributed by atoms with Crippen LogP contribution in [0.1, 0.15) is 19.3 Å². The molecule has 0 spiro atoms. The van der Waals surface area contributed by atoms with Gasteiger partial charge < -0.3 is 10.6 Å². The Morgan fingerprint density at radius 1 is 1.22 bits per heavy atom. The van der Waals surface area contributed by atoms with Crippen molar-refractivity contribution in [1.82, 2.24) is 30.0 Å². The van der Waals surface area contributed by atoms with E-state index in [9.17, 15) is 18.0 Å². The number of hydrogen-bond donors (Lipinski definition) is 2. The number of halogens is 4. The molecule has 0 aliphatic heterocycles. The lowest BCUT2D eigenvalue weighted by Crippen LogP contribution is -2.34. The fraction of sp³-hybridized carbons (Fsp3) is 0.348. The molecule has 5 rings (SSSR count). The van der Waals surface area contributed by atoms with Gasteiger partial charge in [0, 0.05) is 36.3 Å². The summed E-state index contributed by atoms with van der Waals surface area (Å²) in [6, 6.07) is 9.63. The molecule has 0 unspecified atom stereocenters. The van der Waals surface area contributed by atoms with Crippen molar-refractivity contribution in [2.45, 2.75) is 31.7 Å². The van der Waals surface area contributed by atoms with E-state index in [2.05, 4.69) is 51.4 Å². The summed E-state index contributed by atoms with van der Waals surface area (Å²) in [4.78, 5) is 25.7. The van der Waals surface area contributed by atoms with Gasteiger partial charge in [-0.15, -0.1) is 13.2 Å². The van der Waals surface area contributed by atoms with Gasteiger partial charge in [0.05, 0.1) is 23.2 Å². The number of nitrogens with one attached hydrogen (secondary N) is 2. The topological polar surface area (TPSA) is 107 Å². The monoisotopic (exact) mass is 563 g/mol. The quantitative estimate of drug-likeness (QED) is 0.322. The van der Waals surface area contributed by atoms with E-state index in [-0.39, 0.29) is 24.4 Å². The SMILES string of the molecule is O=C(NCCOC(F)(F)F)[C@@H]1CC[C@@H](Nc2ncc3c(Br)nn(-c4ccc5ncccc5c4)c3n2)C1. The van der Waals surface area contributed by atoms with Crippen molar-refractivity contribution >= 4 is 49.7 Å². The molecule has 3 aromatic heterocycles. The number of anilines is 1. The summed E-state index contributed by atoms with van der Waals surface area (Å²) in [6.07, 6.45) is 0.561. The number of benzene rings is 1. The van der Waals surface area contributed by atoms with Gasteiger partial charge in [0.1, 0.15) is 4.60 Å². The van der Waals surface area contributed by atoms with Gasteiger partial charge in [0.2, 0.25) is 11.9 Å². The Bertz CT molecular complexity index is 1410. The number of alkyl halides is 3. The van der Waals surface area contributed by atoms with Gasteiger partial charge in [-0.25, -0.2) is 9.67 Å². The van der Waals surface area contributed by atoms with Crippen LogP contribution in [-0.2, 0) is 9.53 Å². The van der Waals surface area contributed by atoms with Crippen molar-refractivity contribution in [2.75, 3.05) is 18.5 Å². The fourth-order valence-electron chi connectivity index (χ4n) is 4.33. The minimum atomic E-state index is -4.70. The molecule has 1 saturated carbocycles. The van der Waals surface area contributed by atoms with Crippen LogP contribution in [0, 0.1) is 5.92 Å². The normalized spacial score (nSPS) is 18.1. The van der Waals surface area contributed by atoms with Crippen LogP contribution in [0.15, 0.2) is 47.3 Å². The molecule has 4 aromatic rings. The number of amides is 1. The molecule has 1 fully saturated rings. The van der Waals surface area contributed by atoms with Crippen molar-refractivity contribution in [3.8, 4) is 5.69 Å². The second kappa shape index (κ2) is 9.97. The average molecular weight is 564 g/mol. The van der Waals surface area contributed by atoms with Crippen LogP contribution in [0.25, 0.3) is 27.6 Å². The number of carbonyl (C=O) groups excluding carboxylic acids is 1. The highest BCUT2D eigenvalue weighted by atomic mass is 79.9. The Balaban J connectivity index is 1.27. The second-order valence-electron chi connectivity index (χ2n) is 8.45. The van der Waals surface area contributed by atoms with Crippen LogP contribution in [-0.4, -0.2) is 56.2 Å². The van der Waals surface area contributed by atoms with E-state index < -0.39 is 13.0 Å². The molecule has 0 bridgehead atoms. The molecule has 3 heterocycles. The first-order chi connectivity index (χ1) is 17.3. The number of pyridine rings is 1. The molecule has 36 heavy (non-hydrogen) atoms. The lowest BCUT2D eigenvalue weighted by atomic mass is 10.1. The Kier molecular flexibility index (Phi) is 6.75. The summed E-state index contributed by atoms with van der Waals surface area (Å²) in [5, 5.41) is 12.1. The number of carbonyl (C=O) groups is 1. The largest absolute Gasteiger partial charge is 0.522 e. The minimum Gasteiger partial charge on any atom is -0.354 e. The molecule has 2 N–H and O–H groups in total. The van der Waals surface area contributed by atoms with E-state index in [1.807, 2.05) is 30.3 Å². The Morgan fingerprint density at radius 3 is 2.92 bits per heavy atom. The summed E-state index contributed by atoms with van der Waals surface area (Å²) >= 11 is 3.48. The number of ether oxygens (including phenoxy) is 1. The van der Waals surface area contributed by atoms with Gasteiger partial charge in [-0.3, -0.25) is 14.5 Å². The minimum absolute atomic E-state index is 0.0452. The van der Waals surface area contributed by atoms with E-state index in [1.54, 1.807) is 17.1 Å². The highest BCUT2D eigenvalue weighted by molar-refractivity contribution is 9.10. The molecular formula is C23H21BrF3N7O2. The van der Waals surface area contributed by atoms with Crippen LogP contribution < -0.4 is 10.6 Å². The molecule has 1 amide bonds. The predicted octanol–water partition coefficient (Wildman–Crippen LogP) is 4.36. The van der Waals surface area contributed by atoms with Crippen LogP contribution in [0.4, 0.5) is 19.1 Å². The fourth-order valence-corrected chi connectivity index (χ4v) is 4.77. The number of fused-ring (bicyclic) bond motifs is 2. The predicted molar refractivity (Wildman–Crippen MR) is 129 cm³/mol. The molecule has 0 saturated heterocycles. The number of rotatable bonds is 7. The van der Waals surface area contributed by atoms with Crippen LogP contribution in [0.5, 0.6) is 0 Å². The number of aromatic nitrogens is 5. The third-order valence-electron chi connectivity index (χ3n) is 6.01. The average Bonchev–Trinajstić information content (AvgIpc) is 3.45. The first-order valence-corrected chi connectivity index (χ1v) is 12.1. The molecule has 1 aliphatic rings. The van der Waals surface area contributed by atoms with Gasteiger partial charge in [-0.05, 0) is 59.5 Å². The first-order valence-electron chi connectivity index (χ1n) is 11.3. The number of hydrogen-bond acceptors (Lipinski definition) is 7. The van der Waals surface area contributed by atoms with Gasteiger partial charge >= 0.3 is 6.36 Å². The Labute approximate surface area is 211 Å². The maximum Gasteiger partial charge on any atom is 0.522 e. The molecular weight excluding hydrogens is 543 g/mol. The van der Waals surface area contributed by atoms with E-state index >= 15 is 0 Å². The molecule has 13 heteroatoms. The summed E-state index contributed by atoms with van der Waals surface area (Å²) in [6.45, 7) is -0.815.